The fourth-order valence-electron chi connectivity index (χ4n) is 1.93. The SMILES string of the molecule is CCOC(=O)/C(=C/C=C(\O)C(=O)O)Sc1ccc2ccccc2c1. The molecule has 0 atom stereocenters. The zero-order valence-electron chi connectivity index (χ0n) is 12.9. The van der Waals surface area contributed by atoms with Crippen LogP contribution in [0.3, 0.4) is 0 Å². The van der Waals surface area contributed by atoms with E-state index in [1.165, 1.54) is 6.08 Å². The molecule has 0 amide bonds. The third-order valence-electron chi connectivity index (χ3n) is 3.04. The van der Waals surface area contributed by atoms with Crippen molar-refractivity contribution >= 4 is 34.5 Å². The molecule has 2 rings (SSSR count). The molecule has 24 heavy (non-hydrogen) atoms. The Morgan fingerprint density at radius 1 is 1.08 bits per heavy atom. The first kappa shape index (κ1) is 17.6. The van der Waals surface area contributed by atoms with E-state index in [4.69, 9.17) is 9.84 Å². The largest absolute Gasteiger partial charge is 0.502 e. The number of hydrogen-bond donors (Lipinski definition) is 2. The number of ether oxygens (including phenoxy) is 1. The van der Waals surface area contributed by atoms with Gasteiger partial charge in [-0.15, -0.1) is 0 Å². The maximum atomic E-state index is 12.0. The van der Waals surface area contributed by atoms with Gasteiger partial charge >= 0.3 is 11.9 Å². The third-order valence-corrected chi connectivity index (χ3v) is 4.05. The number of aliphatic carboxylic acids is 1. The van der Waals surface area contributed by atoms with Crippen LogP contribution in [0.15, 0.2) is 70.2 Å². The van der Waals surface area contributed by atoms with Crippen LogP contribution in [0.4, 0.5) is 0 Å². The highest BCUT2D eigenvalue weighted by Crippen LogP contribution is 2.30. The summed E-state index contributed by atoms with van der Waals surface area (Å²) in [6, 6.07) is 13.5. The second-order valence-electron chi connectivity index (χ2n) is 4.72. The van der Waals surface area contributed by atoms with E-state index in [0.29, 0.717) is 0 Å². The van der Waals surface area contributed by atoms with Crippen molar-refractivity contribution in [2.24, 2.45) is 0 Å². The van der Waals surface area contributed by atoms with Gasteiger partial charge in [0.25, 0.3) is 0 Å². The number of fused-ring (bicyclic) bond motifs is 1. The Morgan fingerprint density at radius 2 is 1.79 bits per heavy atom. The van der Waals surface area contributed by atoms with E-state index in [1.807, 2.05) is 42.5 Å². The number of hydrogen-bond acceptors (Lipinski definition) is 5. The molecule has 2 aromatic carbocycles. The van der Waals surface area contributed by atoms with Crippen molar-refractivity contribution in [1.82, 2.24) is 0 Å². The number of rotatable bonds is 6. The standard InChI is InChI=1S/C18H16O5S/c1-2-23-18(22)16(10-9-15(19)17(20)21)24-14-8-7-12-5-3-4-6-13(12)11-14/h3-11,19H,2H2,1H3,(H,20,21)/b15-9-,16-10-. The summed E-state index contributed by atoms with van der Waals surface area (Å²) < 4.78 is 4.97. The van der Waals surface area contributed by atoms with Gasteiger partial charge in [0.05, 0.1) is 11.5 Å². The fraction of sp³-hybridized carbons (Fsp3) is 0.111. The van der Waals surface area contributed by atoms with Gasteiger partial charge in [-0.1, -0.05) is 42.1 Å². The van der Waals surface area contributed by atoms with Crippen molar-refractivity contribution < 1.29 is 24.5 Å². The number of carbonyl (C=O) groups is 2. The summed E-state index contributed by atoms with van der Waals surface area (Å²) in [5.41, 5.74) is 0. The maximum Gasteiger partial charge on any atom is 0.370 e. The normalized spacial score (nSPS) is 12.2. The quantitative estimate of drug-likeness (QED) is 0.272. The molecular formula is C18H16O5S. The molecule has 0 aliphatic carbocycles. The van der Waals surface area contributed by atoms with E-state index < -0.39 is 17.7 Å². The summed E-state index contributed by atoms with van der Waals surface area (Å²) in [7, 11) is 0. The molecule has 0 aliphatic rings. The molecule has 0 saturated carbocycles. The lowest BCUT2D eigenvalue weighted by atomic mass is 10.1. The molecule has 0 aromatic heterocycles. The molecule has 6 heteroatoms. The molecule has 0 heterocycles. The predicted octanol–water partition coefficient (Wildman–Crippen LogP) is 3.91. The molecule has 0 radical (unpaired) electrons. The van der Waals surface area contributed by atoms with E-state index in [9.17, 15) is 14.7 Å². The van der Waals surface area contributed by atoms with Crippen LogP contribution in [-0.4, -0.2) is 28.8 Å². The van der Waals surface area contributed by atoms with Crippen LogP contribution in [0.1, 0.15) is 6.92 Å². The molecule has 0 bridgehead atoms. The number of allylic oxidation sites excluding steroid dienone is 2. The average Bonchev–Trinajstić information content (AvgIpc) is 2.58. The first-order valence-corrected chi connectivity index (χ1v) is 8.01. The summed E-state index contributed by atoms with van der Waals surface area (Å²) in [6.07, 6.45) is 2.20. The zero-order chi connectivity index (χ0) is 17.5. The highest BCUT2D eigenvalue weighted by atomic mass is 32.2. The molecule has 0 saturated heterocycles. The molecule has 2 N–H and O–H groups in total. The van der Waals surface area contributed by atoms with Crippen LogP contribution in [0.5, 0.6) is 0 Å². The Morgan fingerprint density at radius 3 is 2.46 bits per heavy atom. The van der Waals surface area contributed by atoms with Gasteiger partial charge in [0.2, 0.25) is 5.76 Å². The minimum atomic E-state index is -1.47. The number of thioether (sulfide) groups is 1. The van der Waals surface area contributed by atoms with Gasteiger partial charge < -0.3 is 14.9 Å². The third kappa shape index (κ3) is 4.63. The van der Waals surface area contributed by atoms with Crippen LogP contribution < -0.4 is 0 Å². The smallest absolute Gasteiger partial charge is 0.370 e. The number of aliphatic hydroxyl groups is 1. The number of carboxylic acids is 1. The van der Waals surface area contributed by atoms with Crippen LogP contribution in [0.25, 0.3) is 10.8 Å². The molecule has 0 fully saturated rings. The first-order chi connectivity index (χ1) is 11.5. The van der Waals surface area contributed by atoms with Crippen molar-refractivity contribution in [2.45, 2.75) is 11.8 Å². The van der Waals surface area contributed by atoms with Crippen molar-refractivity contribution in [3.8, 4) is 0 Å². The number of benzene rings is 2. The van der Waals surface area contributed by atoms with E-state index in [0.717, 1.165) is 33.5 Å². The Bertz CT molecular complexity index is 823. The summed E-state index contributed by atoms with van der Waals surface area (Å²) in [6.45, 7) is 1.88. The number of carboxylic acid groups (broad SMARTS) is 1. The van der Waals surface area contributed by atoms with Gasteiger partial charge in [-0.05, 0) is 42.0 Å². The van der Waals surface area contributed by atoms with Gasteiger partial charge in [0.1, 0.15) is 0 Å². The van der Waals surface area contributed by atoms with Crippen molar-refractivity contribution in [3.05, 3.63) is 65.3 Å². The molecule has 2 aromatic rings. The van der Waals surface area contributed by atoms with Crippen molar-refractivity contribution in [3.63, 3.8) is 0 Å². The van der Waals surface area contributed by atoms with E-state index in [-0.39, 0.29) is 11.5 Å². The minimum Gasteiger partial charge on any atom is -0.502 e. The maximum absolute atomic E-state index is 12.0. The van der Waals surface area contributed by atoms with Gasteiger partial charge in [-0.25, -0.2) is 9.59 Å². The second kappa shape index (κ2) is 8.21. The number of carbonyl (C=O) groups excluding carboxylic acids is 1. The van der Waals surface area contributed by atoms with Crippen molar-refractivity contribution in [1.29, 1.82) is 0 Å². The van der Waals surface area contributed by atoms with Crippen molar-refractivity contribution in [2.75, 3.05) is 6.61 Å². The summed E-state index contributed by atoms with van der Waals surface area (Å²) in [4.78, 5) is 23.6. The van der Waals surface area contributed by atoms with Gasteiger partial charge in [0.15, 0.2) is 0 Å². The summed E-state index contributed by atoms with van der Waals surface area (Å²) >= 11 is 1.14. The van der Waals surface area contributed by atoms with Crippen LogP contribution >= 0.6 is 11.8 Å². The number of aliphatic hydroxyl groups excluding tert-OH is 1. The Balaban J connectivity index is 2.32. The minimum absolute atomic E-state index is 0.180. The topological polar surface area (TPSA) is 83.8 Å². The lowest BCUT2D eigenvalue weighted by Crippen LogP contribution is -2.05. The van der Waals surface area contributed by atoms with Gasteiger partial charge in [0, 0.05) is 4.90 Å². The zero-order valence-corrected chi connectivity index (χ0v) is 13.7. The van der Waals surface area contributed by atoms with Gasteiger partial charge in [-0.2, -0.15) is 0 Å². The van der Waals surface area contributed by atoms with Crippen LogP contribution in [-0.2, 0) is 14.3 Å². The summed E-state index contributed by atoms with van der Waals surface area (Å²) in [5.74, 6) is -2.90. The fourth-order valence-corrected chi connectivity index (χ4v) is 2.78. The van der Waals surface area contributed by atoms with E-state index in [1.54, 1.807) is 6.92 Å². The molecule has 124 valence electrons. The predicted molar refractivity (Wildman–Crippen MR) is 92.9 cm³/mol. The lowest BCUT2D eigenvalue weighted by molar-refractivity contribution is -0.138. The molecule has 0 spiro atoms. The highest BCUT2D eigenvalue weighted by molar-refractivity contribution is 8.04. The van der Waals surface area contributed by atoms with Gasteiger partial charge in [-0.3, -0.25) is 0 Å². The first-order valence-electron chi connectivity index (χ1n) is 7.19. The molecular weight excluding hydrogens is 328 g/mol. The molecule has 0 unspecified atom stereocenters. The van der Waals surface area contributed by atoms with Crippen LogP contribution in [0, 0.1) is 0 Å². The molecule has 0 aliphatic heterocycles. The Labute approximate surface area is 143 Å². The van der Waals surface area contributed by atoms with Crippen LogP contribution in [0.2, 0.25) is 0 Å². The van der Waals surface area contributed by atoms with E-state index >= 15 is 0 Å². The second-order valence-corrected chi connectivity index (χ2v) is 5.83. The summed E-state index contributed by atoms with van der Waals surface area (Å²) in [5, 5.41) is 20.0. The lowest BCUT2D eigenvalue weighted by Gasteiger charge is -2.07. The highest BCUT2D eigenvalue weighted by Gasteiger charge is 2.13. The Hall–Kier alpha value is -2.73. The van der Waals surface area contributed by atoms with E-state index in [2.05, 4.69) is 0 Å². The molecule has 5 nitrogen and oxygen atoms in total. The number of esters is 1. The average molecular weight is 344 g/mol. The monoisotopic (exact) mass is 344 g/mol. The Kier molecular flexibility index (Phi) is 6.03.